The van der Waals surface area contributed by atoms with Gasteiger partial charge < -0.3 is 11.1 Å². The smallest absolute Gasteiger partial charge is 0.292 e. The fourth-order valence-corrected chi connectivity index (χ4v) is 1.60. The maximum Gasteiger partial charge on any atom is 0.292 e. The number of nitrogens with two attached hydrogens (primary N) is 1. The average molecular weight is 247 g/mol. The second kappa shape index (κ2) is 4.74. The Balaban J connectivity index is 2.16. The number of hydrogen-bond donors (Lipinski definition) is 2. The summed E-state index contributed by atoms with van der Waals surface area (Å²) in [5.74, 6) is 0.543. The molecule has 0 aliphatic heterocycles. The molecule has 18 heavy (non-hydrogen) atoms. The zero-order valence-electron chi connectivity index (χ0n) is 9.83. The summed E-state index contributed by atoms with van der Waals surface area (Å²) in [6.07, 6.45) is 1.64. The van der Waals surface area contributed by atoms with Gasteiger partial charge in [0.05, 0.1) is 11.1 Å². The number of nitro groups is 1. The van der Waals surface area contributed by atoms with Crippen LogP contribution in [0.5, 0.6) is 0 Å². The zero-order chi connectivity index (χ0) is 13.1. The predicted molar refractivity (Wildman–Crippen MR) is 68.0 cm³/mol. The van der Waals surface area contributed by atoms with Crippen LogP contribution in [0.1, 0.15) is 5.56 Å². The third-order valence-electron chi connectivity index (χ3n) is 2.63. The lowest BCUT2D eigenvalue weighted by molar-refractivity contribution is -0.384. The molecule has 1 aromatic carbocycles. The number of nitrogens with zero attached hydrogens (tertiary/aromatic N) is 3. The van der Waals surface area contributed by atoms with Crippen molar-refractivity contribution in [2.24, 2.45) is 7.05 Å². The Morgan fingerprint density at radius 2 is 2.22 bits per heavy atom. The summed E-state index contributed by atoms with van der Waals surface area (Å²) < 4.78 is 1.55. The van der Waals surface area contributed by atoms with E-state index in [0.717, 1.165) is 5.56 Å². The molecule has 0 amide bonds. The lowest BCUT2D eigenvalue weighted by atomic mass is 10.2. The fourth-order valence-electron chi connectivity index (χ4n) is 1.60. The number of anilines is 2. The molecule has 0 radical (unpaired) electrons. The van der Waals surface area contributed by atoms with Gasteiger partial charge in [0.25, 0.3) is 5.69 Å². The molecule has 0 fully saturated rings. The van der Waals surface area contributed by atoms with Crippen molar-refractivity contribution in [1.29, 1.82) is 0 Å². The minimum absolute atomic E-state index is 0.0416. The molecule has 0 atom stereocenters. The summed E-state index contributed by atoms with van der Waals surface area (Å²) in [6.45, 7) is 0.393. The highest BCUT2D eigenvalue weighted by atomic mass is 16.6. The first-order chi connectivity index (χ1) is 8.59. The summed E-state index contributed by atoms with van der Waals surface area (Å²) in [6, 6.07) is 6.48. The van der Waals surface area contributed by atoms with E-state index in [4.69, 9.17) is 5.73 Å². The monoisotopic (exact) mass is 247 g/mol. The molecule has 2 rings (SSSR count). The summed E-state index contributed by atoms with van der Waals surface area (Å²) in [5, 5.41) is 17.8. The highest BCUT2D eigenvalue weighted by molar-refractivity contribution is 5.61. The third kappa shape index (κ3) is 2.24. The van der Waals surface area contributed by atoms with Gasteiger partial charge in [-0.3, -0.25) is 14.8 Å². The molecule has 3 N–H and O–H groups in total. The molecule has 94 valence electrons. The Labute approximate surface area is 103 Å². The molecule has 0 saturated carbocycles. The van der Waals surface area contributed by atoms with E-state index in [1.807, 2.05) is 0 Å². The van der Waals surface area contributed by atoms with Gasteiger partial charge in [0.1, 0.15) is 11.5 Å². The predicted octanol–water partition coefficient (Wildman–Crippen LogP) is 1.52. The Hall–Kier alpha value is -2.57. The first kappa shape index (κ1) is 11.9. The summed E-state index contributed by atoms with van der Waals surface area (Å²) in [7, 11) is 1.74. The Morgan fingerprint density at radius 3 is 2.83 bits per heavy atom. The maximum atomic E-state index is 10.8. The number of aryl methyl sites for hydroxylation is 1. The Bertz CT molecular complexity index is 579. The SMILES string of the molecule is Cn1ncc(CNc2ccccc2[N+](=O)[O-])c1N. The van der Waals surface area contributed by atoms with Gasteiger partial charge in [0, 0.05) is 25.2 Å². The van der Waals surface area contributed by atoms with Crippen molar-refractivity contribution < 1.29 is 4.92 Å². The molecule has 0 aliphatic rings. The molecule has 0 bridgehead atoms. The zero-order valence-corrected chi connectivity index (χ0v) is 9.83. The topological polar surface area (TPSA) is 99.0 Å². The van der Waals surface area contributed by atoms with E-state index < -0.39 is 4.92 Å². The number of nitrogens with one attached hydrogen (secondary N) is 1. The second-order valence-electron chi connectivity index (χ2n) is 3.81. The van der Waals surface area contributed by atoms with Crippen LogP contribution >= 0.6 is 0 Å². The van der Waals surface area contributed by atoms with Crippen molar-refractivity contribution in [2.45, 2.75) is 6.54 Å². The van der Waals surface area contributed by atoms with E-state index in [2.05, 4.69) is 10.4 Å². The van der Waals surface area contributed by atoms with Crippen molar-refractivity contribution in [1.82, 2.24) is 9.78 Å². The minimum atomic E-state index is -0.422. The molecular formula is C11H13N5O2. The molecule has 1 heterocycles. The van der Waals surface area contributed by atoms with Gasteiger partial charge in [-0.15, -0.1) is 0 Å². The lowest BCUT2D eigenvalue weighted by Crippen LogP contribution is -2.05. The first-order valence-electron chi connectivity index (χ1n) is 5.33. The van der Waals surface area contributed by atoms with E-state index in [-0.39, 0.29) is 5.69 Å². The maximum absolute atomic E-state index is 10.8. The fraction of sp³-hybridized carbons (Fsp3) is 0.182. The van der Waals surface area contributed by atoms with E-state index >= 15 is 0 Å². The van der Waals surface area contributed by atoms with Crippen LogP contribution in [0.2, 0.25) is 0 Å². The number of nitro benzene ring substituents is 1. The molecular weight excluding hydrogens is 234 g/mol. The van der Waals surface area contributed by atoms with Gasteiger partial charge in [-0.05, 0) is 6.07 Å². The standard InChI is InChI=1S/C11H13N5O2/c1-15-11(12)8(7-14-15)6-13-9-4-2-3-5-10(9)16(17)18/h2-5,7,13H,6,12H2,1H3. The van der Waals surface area contributed by atoms with Crippen LogP contribution in [0.25, 0.3) is 0 Å². The summed E-state index contributed by atoms with van der Waals surface area (Å²) >= 11 is 0. The van der Waals surface area contributed by atoms with Crippen molar-refractivity contribution >= 4 is 17.2 Å². The minimum Gasteiger partial charge on any atom is -0.384 e. The van der Waals surface area contributed by atoms with Crippen molar-refractivity contribution in [3.8, 4) is 0 Å². The largest absolute Gasteiger partial charge is 0.384 e. The van der Waals surface area contributed by atoms with Crippen molar-refractivity contribution in [2.75, 3.05) is 11.1 Å². The third-order valence-corrected chi connectivity index (χ3v) is 2.63. The van der Waals surface area contributed by atoms with Crippen LogP contribution in [0.15, 0.2) is 30.5 Å². The summed E-state index contributed by atoms with van der Waals surface area (Å²) in [5.41, 5.74) is 7.10. The van der Waals surface area contributed by atoms with Gasteiger partial charge in [0.2, 0.25) is 0 Å². The van der Waals surface area contributed by atoms with E-state index in [0.29, 0.717) is 18.1 Å². The van der Waals surface area contributed by atoms with Gasteiger partial charge in [-0.2, -0.15) is 5.10 Å². The Morgan fingerprint density at radius 1 is 1.50 bits per heavy atom. The summed E-state index contributed by atoms with van der Waals surface area (Å²) in [4.78, 5) is 10.4. The molecule has 2 aromatic rings. The van der Waals surface area contributed by atoms with Crippen LogP contribution in [0, 0.1) is 10.1 Å². The highest BCUT2D eigenvalue weighted by Crippen LogP contribution is 2.24. The van der Waals surface area contributed by atoms with Crippen molar-refractivity contribution in [3.63, 3.8) is 0 Å². The normalized spacial score (nSPS) is 10.3. The highest BCUT2D eigenvalue weighted by Gasteiger charge is 2.12. The molecule has 1 aromatic heterocycles. The number of hydrogen-bond acceptors (Lipinski definition) is 5. The van der Waals surface area contributed by atoms with Crippen LogP contribution in [0.4, 0.5) is 17.2 Å². The van der Waals surface area contributed by atoms with Crippen molar-refractivity contribution in [3.05, 3.63) is 46.1 Å². The molecule has 0 saturated heterocycles. The van der Waals surface area contributed by atoms with Crippen LogP contribution in [-0.4, -0.2) is 14.7 Å². The number of benzene rings is 1. The molecule has 0 aliphatic carbocycles. The Kier molecular flexibility index (Phi) is 3.13. The van der Waals surface area contributed by atoms with Gasteiger partial charge >= 0.3 is 0 Å². The van der Waals surface area contributed by atoms with Crippen LogP contribution in [0.3, 0.4) is 0 Å². The molecule has 7 heteroatoms. The second-order valence-corrected chi connectivity index (χ2v) is 3.81. The number of nitrogen functional groups attached to an aromatic ring is 1. The number of para-hydroxylation sites is 2. The number of rotatable bonds is 4. The first-order valence-corrected chi connectivity index (χ1v) is 5.33. The van der Waals surface area contributed by atoms with Crippen LogP contribution in [-0.2, 0) is 13.6 Å². The molecule has 0 spiro atoms. The quantitative estimate of drug-likeness (QED) is 0.630. The molecule has 7 nitrogen and oxygen atoms in total. The molecule has 0 unspecified atom stereocenters. The van der Waals surface area contributed by atoms with Gasteiger partial charge in [-0.1, -0.05) is 12.1 Å². The average Bonchev–Trinajstić information content (AvgIpc) is 2.68. The van der Waals surface area contributed by atoms with Gasteiger partial charge in [-0.25, -0.2) is 0 Å². The van der Waals surface area contributed by atoms with Gasteiger partial charge in [0.15, 0.2) is 0 Å². The van der Waals surface area contributed by atoms with E-state index in [1.165, 1.54) is 6.07 Å². The van der Waals surface area contributed by atoms with E-state index in [9.17, 15) is 10.1 Å². The number of aromatic nitrogens is 2. The van der Waals surface area contributed by atoms with E-state index in [1.54, 1.807) is 36.1 Å². The van der Waals surface area contributed by atoms with Crippen LogP contribution < -0.4 is 11.1 Å². The lowest BCUT2D eigenvalue weighted by Gasteiger charge is -2.06.